The molecule has 0 unspecified atom stereocenters. The molecule has 0 saturated heterocycles. The van der Waals surface area contributed by atoms with Crippen molar-refractivity contribution in [3.05, 3.63) is 29.8 Å². The van der Waals surface area contributed by atoms with Crippen molar-refractivity contribution in [2.75, 3.05) is 11.9 Å². The van der Waals surface area contributed by atoms with E-state index in [4.69, 9.17) is 11.6 Å². The van der Waals surface area contributed by atoms with Crippen LogP contribution >= 0.6 is 11.6 Å². The molecule has 0 aromatic carbocycles. The fourth-order valence-corrected chi connectivity index (χ4v) is 2.00. The first-order chi connectivity index (χ1) is 9.33. The summed E-state index contributed by atoms with van der Waals surface area (Å²) >= 11 is 5.84. The van der Waals surface area contributed by atoms with E-state index in [0.717, 1.165) is 30.7 Å². The van der Waals surface area contributed by atoms with Crippen molar-refractivity contribution >= 4 is 28.6 Å². The second-order valence-electron chi connectivity index (χ2n) is 4.01. The highest BCUT2D eigenvalue weighted by atomic mass is 35.5. The summed E-state index contributed by atoms with van der Waals surface area (Å²) < 4.78 is 0. The number of aryl methyl sites for hydroxylation is 1. The van der Waals surface area contributed by atoms with Gasteiger partial charge in [-0.15, -0.1) is 0 Å². The second-order valence-corrected chi connectivity index (χ2v) is 4.35. The van der Waals surface area contributed by atoms with E-state index in [1.807, 2.05) is 6.20 Å². The lowest BCUT2D eigenvalue weighted by atomic mass is 10.3. The van der Waals surface area contributed by atoms with Crippen molar-refractivity contribution in [2.24, 2.45) is 0 Å². The summed E-state index contributed by atoms with van der Waals surface area (Å²) in [5, 5.41) is 3.42. The molecule has 19 heavy (non-hydrogen) atoms. The maximum absolute atomic E-state index is 5.84. The molecular formula is C11H12ClN7. The number of rotatable bonds is 5. The zero-order chi connectivity index (χ0) is 13.1. The SMILES string of the molecule is Clc1nc(NCCCc2ncc[nH]2)c2[nH]cnc2n1. The Labute approximate surface area is 113 Å². The average Bonchev–Trinajstić information content (AvgIpc) is 3.04. The molecule has 3 heterocycles. The number of halogens is 1. The van der Waals surface area contributed by atoms with Gasteiger partial charge in [-0.25, -0.2) is 9.97 Å². The highest BCUT2D eigenvalue weighted by Gasteiger charge is 2.08. The van der Waals surface area contributed by atoms with E-state index in [0.29, 0.717) is 11.5 Å². The van der Waals surface area contributed by atoms with Crippen LogP contribution in [0.25, 0.3) is 11.2 Å². The van der Waals surface area contributed by atoms with Crippen molar-refractivity contribution in [2.45, 2.75) is 12.8 Å². The Kier molecular flexibility index (Phi) is 3.28. The molecule has 0 amide bonds. The molecule has 0 saturated carbocycles. The number of fused-ring (bicyclic) bond motifs is 1. The monoisotopic (exact) mass is 277 g/mol. The fraction of sp³-hybridized carbons (Fsp3) is 0.273. The Balaban J connectivity index is 1.63. The number of nitrogens with zero attached hydrogens (tertiary/aromatic N) is 4. The lowest BCUT2D eigenvalue weighted by Gasteiger charge is -2.05. The topological polar surface area (TPSA) is 95.2 Å². The number of H-pyrrole nitrogens is 2. The van der Waals surface area contributed by atoms with Gasteiger partial charge in [0.2, 0.25) is 5.28 Å². The van der Waals surface area contributed by atoms with Gasteiger partial charge in [0, 0.05) is 25.4 Å². The predicted octanol–water partition coefficient (Wildman–Crippen LogP) is 1.77. The van der Waals surface area contributed by atoms with E-state index in [1.165, 1.54) is 0 Å². The Hall–Kier alpha value is -2.15. The van der Waals surface area contributed by atoms with Crippen molar-refractivity contribution in [3.8, 4) is 0 Å². The van der Waals surface area contributed by atoms with Crippen LogP contribution in [-0.2, 0) is 6.42 Å². The van der Waals surface area contributed by atoms with E-state index in [1.54, 1.807) is 12.5 Å². The standard InChI is InChI=1S/C11H12ClN7/c12-11-18-9(8-10(19-11)17-6-16-8)15-3-1-2-7-13-4-5-14-7/h4-6H,1-3H2,(H,13,14)(H2,15,16,17,18,19). The van der Waals surface area contributed by atoms with Crippen LogP contribution in [-0.4, -0.2) is 36.4 Å². The lowest BCUT2D eigenvalue weighted by Crippen LogP contribution is -2.06. The molecule has 3 rings (SSSR count). The highest BCUT2D eigenvalue weighted by Crippen LogP contribution is 2.18. The molecule has 0 bridgehead atoms. The van der Waals surface area contributed by atoms with Crippen molar-refractivity contribution < 1.29 is 0 Å². The summed E-state index contributed by atoms with van der Waals surface area (Å²) in [6.45, 7) is 0.766. The van der Waals surface area contributed by atoms with Crippen LogP contribution in [0.2, 0.25) is 5.28 Å². The zero-order valence-electron chi connectivity index (χ0n) is 10.0. The summed E-state index contributed by atoms with van der Waals surface area (Å²) in [5.74, 6) is 1.65. The van der Waals surface area contributed by atoms with Gasteiger partial charge in [-0.1, -0.05) is 0 Å². The first kappa shape index (κ1) is 11.9. The minimum Gasteiger partial charge on any atom is -0.368 e. The summed E-state index contributed by atoms with van der Waals surface area (Å²) in [4.78, 5) is 22.5. The van der Waals surface area contributed by atoms with Crippen molar-refractivity contribution in [1.29, 1.82) is 0 Å². The van der Waals surface area contributed by atoms with Crippen LogP contribution in [0.5, 0.6) is 0 Å². The fourth-order valence-electron chi connectivity index (χ4n) is 1.83. The van der Waals surface area contributed by atoms with Gasteiger partial charge >= 0.3 is 0 Å². The van der Waals surface area contributed by atoms with Gasteiger partial charge in [-0.3, -0.25) is 0 Å². The Morgan fingerprint density at radius 2 is 2.16 bits per heavy atom. The molecule has 0 atom stereocenters. The van der Waals surface area contributed by atoms with Crippen molar-refractivity contribution in [1.82, 2.24) is 29.9 Å². The second kappa shape index (κ2) is 5.23. The summed E-state index contributed by atoms with van der Waals surface area (Å²) in [6.07, 6.45) is 6.96. The molecule has 0 spiro atoms. The first-order valence-electron chi connectivity index (χ1n) is 5.91. The minimum absolute atomic E-state index is 0.188. The average molecular weight is 278 g/mol. The first-order valence-corrected chi connectivity index (χ1v) is 6.29. The third-order valence-corrected chi connectivity index (χ3v) is 2.87. The van der Waals surface area contributed by atoms with Gasteiger partial charge in [0.1, 0.15) is 11.3 Å². The van der Waals surface area contributed by atoms with Gasteiger partial charge in [0.25, 0.3) is 0 Å². The van der Waals surface area contributed by atoms with Gasteiger partial charge in [0.15, 0.2) is 11.5 Å². The van der Waals surface area contributed by atoms with E-state index in [9.17, 15) is 0 Å². The number of hydrogen-bond donors (Lipinski definition) is 3. The molecule has 0 aliphatic heterocycles. The maximum Gasteiger partial charge on any atom is 0.226 e. The molecule has 3 N–H and O–H groups in total. The van der Waals surface area contributed by atoms with E-state index >= 15 is 0 Å². The van der Waals surface area contributed by atoms with Crippen LogP contribution in [0.1, 0.15) is 12.2 Å². The minimum atomic E-state index is 0.188. The Morgan fingerprint density at radius 1 is 1.21 bits per heavy atom. The zero-order valence-corrected chi connectivity index (χ0v) is 10.8. The summed E-state index contributed by atoms with van der Waals surface area (Å²) in [5.41, 5.74) is 1.33. The summed E-state index contributed by atoms with van der Waals surface area (Å²) in [6, 6.07) is 0. The molecular weight excluding hydrogens is 266 g/mol. The van der Waals surface area contributed by atoms with E-state index in [-0.39, 0.29) is 5.28 Å². The van der Waals surface area contributed by atoms with Gasteiger partial charge in [-0.2, -0.15) is 9.97 Å². The van der Waals surface area contributed by atoms with Crippen molar-refractivity contribution in [3.63, 3.8) is 0 Å². The number of imidazole rings is 2. The van der Waals surface area contributed by atoms with E-state index in [2.05, 4.69) is 35.2 Å². The Morgan fingerprint density at radius 3 is 3.00 bits per heavy atom. The smallest absolute Gasteiger partial charge is 0.226 e. The molecule has 0 radical (unpaired) electrons. The highest BCUT2D eigenvalue weighted by molar-refractivity contribution is 6.28. The molecule has 7 nitrogen and oxygen atoms in total. The van der Waals surface area contributed by atoms with Crippen LogP contribution in [0.3, 0.4) is 0 Å². The number of anilines is 1. The predicted molar refractivity (Wildman–Crippen MR) is 72.1 cm³/mol. The molecule has 98 valence electrons. The number of aromatic nitrogens is 6. The molecule has 0 aliphatic carbocycles. The van der Waals surface area contributed by atoms with E-state index < -0.39 is 0 Å². The van der Waals surface area contributed by atoms with Gasteiger partial charge in [-0.05, 0) is 18.0 Å². The van der Waals surface area contributed by atoms with Crippen LogP contribution in [0, 0.1) is 0 Å². The van der Waals surface area contributed by atoms with Crippen LogP contribution in [0.15, 0.2) is 18.7 Å². The molecule has 0 aliphatic rings. The largest absolute Gasteiger partial charge is 0.368 e. The molecule has 0 fully saturated rings. The molecule has 3 aromatic rings. The third kappa shape index (κ3) is 2.65. The third-order valence-electron chi connectivity index (χ3n) is 2.70. The van der Waals surface area contributed by atoms with Crippen LogP contribution in [0.4, 0.5) is 5.82 Å². The maximum atomic E-state index is 5.84. The molecule has 3 aromatic heterocycles. The number of hydrogen-bond acceptors (Lipinski definition) is 5. The number of aromatic amines is 2. The summed E-state index contributed by atoms with van der Waals surface area (Å²) in [7, 11) is 0. The van der Waals surface area contributed by atoms with Gasteiger partial charge < -0.3 is 15.3 Å². The quantitative estimate of drug-likeness (QED) is 0.488. The molecule has 8 heteroatoms. The van der Waals surface area contributed by atoms with Crippen LogP contribution < -0.4 is 5.32 Å². The number of nitrogens with one attached hydrogen (secondary N) is 3. The van der Waals surface area contributed by atoms with Gasteiger partial charge in [0.05, 0.1) is 6.33 Å². The Bertz CT molecular complexity index is 661. The lowest BCUT2D eigenvalue weighted by molar-refractivity contribution is 0.814. The normalized spacial score (nSPS) is 11.0.